The third-order valence-electron chi connectivity index (χ3n) is 13.7. The normalized spacial score (nSPS) is 20.8. The Bertz CT molecular complexity index is 1200. The van der Waals surface area contributed by atoms with Gasteiger partial charge in [-0.05, 0) is 64.2 Å². The second-order valence-corrected chi connectivity index (χ2v) is 20.0. The van der Waals surface area contributed by atoms with Crippen LogP contribution in [0.3, 0.4) is 0 Å². The number of aliphatic hydroxyl groups excluding tert-OH is 7. The van der Waals surface area contributed by atoms with Crippen LogP contribution in [0, 0.1) is 0 Å². The molecule has 0 spiro atoms. The van der Waals surface area contributed by atoms with Gasteiger partial charge >= 0.3 is 0 Å². The van der Waals surface area contributed by atoms with Crippen molar-refractivity contribution in [1.82, 2.24) is 5.32 Å². The van der Waals surface area contributed by atoms with Crippen LogP contribution in [0.5, 0.6) is 0 Å². The molecular formula is C57H107NO10. The Morgan fingerprint density at radius 1 is 0.500 bits per heavy atom. The summed E-state index contributed by atoms with van der Waals surface area (Å²) in [5.41, 5.74) is 0. The lowest BCUT2D eigenvalue weighted by Gasteiger charge is -2.40. The van der Waals surface area contributed by atoms with Gasteiger partial charge in [0.15, 0.2) is 6.29 Å². The van der Waals surface area contributed by atoms with E-state index in [2.05, 4.69) is 55.6 Å². The van der Waals surface area contributed by atoms with Gasteiger partial charge in [0.2, 0.25) is 5.91 Å². The van der Waals surface area contributed by atoms with E-state index >= 15 is 0 Å². The monoisotopic (exact) mass is 966 g/mol. The molecule has 11 heteroatoms. The largest absolute Gasteiger partial charge is 0.394 e. The van der Waals surface area contributed by atoms with Crippen LogP contribution < -0.4 is 5.32 Å². The summed E-state index contributed by atoms with van der Waals surface area (Å²) >= 11 is 0. The third kappa shape index (κ3) is 34.6. The number of carbonyl (C=O) groups is 1. The Hall–Kier alpha value is -1.67. The van der Waals surface area contributed by atoms with Crippen LogP contribution >= 0.6 is 0 Å². The molecule has 400 valence electrons. The zero-order chi connectivity index (χ0) is 49.7. The fourth-order valence-electron chi connectivity index (χ4n) is 9.00. The van der Waals surface area contributed by atoms with Gasteiger partial charge in [-0.25, -0.2) is 0 Å². The minimum Gasteiger partial charge on any atom is -0.394 e. The lowest BCUT2D eigenvalue weighted by molar-refractivity contribution is -0.303. The molecule has 0 aromatic heterocycles. The van der Waals surface area contributed by atoms with Gasteiger partial charge in [-0.15, -0.1) is 0 Å². The maximum absolute atomic E-state index is 13.1. The summed E-state index contributed by atoms with van der Waals surface area (Å²) in [6.07, 6.45) is 44.9. The lowest BCUT2D eigenvalue weighted by Crippen LogP contribution is -2.60. The lowest BCUT2D eigenvalue weighted by atomic mass is 9.98. The molecule has 0 radical (unpaired) electrons. The van der Waals surface area contributed by atoms with Gasteiger partial charge in [0.1, 0.15) is 36.6 Å². The fraction of sp³-hybridized carbons (Fsp3) is 0.877. The highest BCUT2D eigenvalue weighted by Crippen LogP contribution is 2.23. The first-order chi connectivity index (χ1) is 33.2. The summed E-state index contributed by atoms with van der Waals surface area (Å²) in [7, 11) is 0. The molecule has 0 aromatic rings. The highest BCUT2D eigenvalue weighted by molar-refractivity contribution is 5.80. The van der Waals surface area contributed by atoms with Crippen LogP contribution in [0.15, 0.2) is 36.5 Å². The molecule has 0 aliphatic carbocycles. The number of amides is 1. The van der Waals surface area contributed by atoms with Gasteiger partial charge in [0, 0.05) is 0 Å². The van der Waals surface area contributed by atoms with Crippen molar-refractivity contribution in [3.8, 4) is 0 Å². The first-order valence-electron chi connectivity index (χ1n) is 28.4. The van der Waals surface area contributed by atoms with E-state index in [-0.39, 0.29) is 12.8 Å². The van der Waals surface area contributed by atoms with Crippen molar-refractivity contribution in [3.63, 3.8) is 0 Å². The fourth-order valence-corrected chi connectivity index (χ4v) is 9.00. The molecule has 1 saturated heterocycles. The zero-order valence-corrected chi connectivity index (χ0v) is 43.6. The summed E-state index contributed by atoms with van der Waals surface area (Å²) in [6, 6.07) is -1.19. The number of aliphatic hydroxyl groups is 7. The van der Waals surface area contributed by atoms with Gasteiger partial charge in [-0.3, -0.25) is 4.79 Å². The number of ether oxygens (including phenoxy) is 2. The molecule has 1 rings (SSSR count). The van der Waals surface area contributed by atoms with E-state index < -0.39 is 74.2 Å². The summed E-state index contributed by atoms with van der Waals surface area (Å²) in [6.45, 7) is 3.45. The van der Waals surface area contributed by atoms with E-state index in [0.29, 0.717) is 19.3 Å². The molecule has 11 nitrogen and oxygen atoms in total. The van der Waals surface area contributed by atoms with Crippen molar-refractivity contribution < 1.29 is 50.0 Å². The molecule has 9 unspecified atom stereocenters. The summed E-state index contributed by atoms with van der Waals surface area (Å²) in [5, 5.41) is 76.0. The first-order valence-corrected chi connectivity index (χ1v) is 28.4. The molecule has 8 N–H and O–H groups in total. The van der Waals surface area contributed by atoms with E-state index in [9.17, 15) is 40.5 Å². The average Bonchev–Trinajstić information content (AvgIpc) is 3.34. The molecule has 1 fully saturated rings. The van der Waals surface area contributed by atoms with Crippen LogP contribution in [-0.4, -0.2) is 110 Å². The van der Waals surface area contributed by atoms with Gasteiger partial charge < -0.3 is 50.5 Å². The van der Waals surface area contributed by atoms with E-state index in [1.807, 2.05) is 0 Å². The first kappa shape index (κ1) is 64.3. The predicted molar refractivity (Wildman–Crippen MR) is 279 cm³/mol. The number of rotatable bonds is 48. The molecule has 1 heterocycles. The number of carbonyl (C=O) groups excluding carboxylic acids is 1. The Labute approximate surface area is 416 Å². The van der Waals surface area contributed by atoms with Crippen LogP contribution in [0.2, 0.25) is 0 Å². The summed E-state index contributed by atoms with van der Waals surface area (Å²) in [5.74, 6) is -0.710. The third-order valence-corrected chi connectivity index (χ3v) is 13.7. The molecule has 68 heavy (non-hydrogen) atoms. The molecule has 0 aromatic carbocycles. The molecule has 1 amide bonds. The van der Waals surface area contributed by atoms with Crippen molar-refractivity contribution in [2.45, 2.75) is 306 Å². The van der Waals surface area contributed by atoms with Crippen LogP contribution in [0.4, 0.5) is 0 Å². The maximum atomic E-state index is 13.1. The average molecular weight is 966 g/mol. The number of hydrogen-bond acceptors (Lipinski definition) is 10. The van der Waals surface area contributed by atoms with Crippen molar-refractivity contribution in [2.24, 2.45) is 0 Å². The van der Waals surface area contributed by atoms with Gasteiger partial charge in [-0.2, -0.15) is 0 Å². The number of nitrogens with one attached hydrogen (secondary N) is 1. The number of allylic oxidation sites excluding steroid dienone is 6. The number of unbranched alkanes of at least 4 members (excludes halogenated alkanes) is 30. The minimum atomic E-state index is -1.67. The second-order valence-electron chi connectivity index (χ2n) is 20.0. The van der Waals surface area contributed by atoms with Crippen molar-refractivity contribution in [1.29, 1.82) is 0 Å². The topological polar surface area (TPSA) is 189 Å². The summed E-state index contributed by atoms with van der Waals surface area (Å²) < 4.78 is 11.1. The molecule has 9 atom stereocenters. The Kier molecular flexibility index (Phi) is 43.9. The van der Waals surface area contributed by atoms with Gasteiger partial charge in [0.05, 0.1) is 25.4 Å². The Balaban J connectivity index is 2.35. The van der Waals surface area contributed by atoms with Crippen molar-refractivity contribution in [2.75, 3.05) is 13.2 Å². The van der Waals surface area contributed by atoms with E-state index in [1.54, 1.807) is 0 Å². The molecule has 0 bridgehead atoms. The van der Waals surface area contributed by atoms with E-state index in [1.165, 1.54) is 161 Å². The highest BCUT2D eigenvalue weighted by Gasteiger charge is 2.44. The standard InChI is InChI=1S/C57H107NO10/c1-3-5-7-9-11-13-15-17-19-20-21-22-23-24-25-26-27-28-29-31-32-34-36-38-40-42-44-49(60)52(62)48(47-67-57-55(65)54(64)53(63)51(46-59)68-57)58-56(66)50(61)45-43-41-39-37-35-33-30-18-16-14-12-10-8-6-4-2/h25-26,29,31,36,38,48-55,57,59-65H,3-24,27-28,30,32-35,37,39-47H2,1-2H3,(H,58,66)/b26-25+,31-29+,38-36+. The highest BCUT2D eigenvalue weighted by atomic mass is 16.7. The molecule has 1 aliphatic heterocycles. The second kappa shape index (κ2) is 46.4. The smallest absolute Gasteiger partial charge is 0.249 e. The molecule has 0 saturated carbocycles. The van der Waals surface area contributed by atoms with Crippen molar-refractivity contribution in [3.05, 3.63) is 36.5 Å². The molecule has 1 aliphatic rings. The minimum absolute atomic E-state index is 0.242. The van der Waals surface area contributed by atoms with Crippen molar-refractivity contribution >= 4 is 5.91 Å². The quantitative estimate of drug-likeness (QED) is 0.0215. The Morgan fingerprint density at radius 2 is 0.882 bits per heavy atom. The van der Waals surface area contributed by atoms with E-state index in [0.717, 1.165) is 44.9 Å². The van der Waals surface area contributed by atoms with Crippen LogP contribution in [-0.2, 0) is 14.3 Å². The number of hydrogen-bond donors (Lipinski definition) is 8. The van der Waals surface area contributed by atoms with Crippen LogP contribution in [0.25, 0.3) is 0 Å². The predicted octanol–water partition coefficient (Wildman–Crippen LogP) is 11.5. The Morgan fingerprint density at radius 3 is 1.31 bits per heavy atom. The summed E-state index contributed by atoms with van der Waals surface area (Å²) in [4.78, 5) is 13.1. The van der Waals surface area contributed by atoms with Crippen LogP contribution in [0.1, 0.15) is 251 Å². The SMILES string of the molecule is CCCCCCCCCCCCCCC/C=C/CC/C=C/CC/C=C/CCCC(O)C(O)C(COC1OC(CO)C(O)C(O)C1O)NC(=O)C(O)CCCCCCCCCCCCCCCCC. The van der Waals surface area contributed by atoms with Gasteiger partial charge in [0.25, 0.3) is 0 Å². The molecular weight excluding hydrogens is 859 g/mol. The van der Waals surface area contributed by atoms with Gasteiger partial charge in [-0.1, -0.05) is 224 Å². The zero-order valence-electron chi connectivity index (χ0n) is 43.6. The van der Waals surface area contributed by atoms with E-state index in [4.69, 9.17) is 9.47 Å². The maximum Gasteiger partial charge on any atom is 0.249 e.